The number of rotatable bonds is 5. The van der Waals surface area contributed by atoms with Gasteiger partial charge in [0.1, 0.15) is 30.2 Å². The number of alkyl halides is 1. The number of hydrogen-bond acceptors (Lipinski definition) is 8. The maximum absolute atomic E-state index is 14.6. The average Bonchev–Trinajstić information content (AvgIpc) is 3.48. The van der Waals surface area contributed by atoms with Crippen LogP contribution in [0, 0.1) is 5.82 Å². The molecule has 0 radical (unpaired) electrons. The van der Waals surface area contributed by atoms with E-state index in [1.807, 2.05) is 6.92 Å². The summed E-state index contributed by atoms with van der Waals surface area (Å²) in [5, 5.41) is 22.8. The molecule has 2 aromatic carbocycles. The third kappa shape index (κ3) is 4.97. The zero-order valence-corrected chi connectivity index (χ0v) is 25.3. The lowest BCUT2D eigenvalue weighted by Gasteiger charge is -2.40. The molecule has 3 aromatic rings. The molecule has 4 aliphatic rings. The molecule has 0 saturated carbocycles. The van der Waals surface area contributed by atoms with Crippen LogP contribution < -0.4 is 14.5 Å². The largest absolute Gasteiger partial charge is 0.508 e. The van der Waals surface area contributed by atoms with Crippen LogP contribution in [0.15, 0.2) is 28.7 Å². The van der Waals surface area contributed by atoms with Crippen LogP contribution in [0.2, 0.25) is 0 Å². The number of aliphatic hydroxyl groups is 1. The Morgan fingerprint density at radius 3 is 2.79 bits per heavy atom. The first-order chi connectivity index (χ1) is 20.1. The van der Waals surface area contributed by atoms with Gasteiger partial charge in [-0.2, -0.15) is 9.97 Å². The quantitative estimate of drug-likeness (QED) is 0.397. The highest BCUT2D eigenvalue weighted by Gasteiger charge is 2.49. The maximum atomic E-state index is 14.6. The predicted octanol–water partition coefficient (Wildman–Crippen LogP) is 5.11. The van der Waals surface area contributed by atoms with E-state index < -0.39 is 11.8 Å². The maximum Gasteiger partial charge on any atom is 0.318 e. The van der Waals surface area contributed by atoms with Gasteiger partial charge >= 0.3 is 6.01 Å². The molecule has 42 heavy (non-hydrogen) atoms. The van der Waals surface area contributed by atoms with Gasteiger partial charge in [0.05, 0.1) is 27.9 Å². The number of phenolic OH excluding ortho intramolecular Hbond substituents is 1. The summed E-state index contributed by atoms with van der Waals surface area (Å²) in [6.45, 7) is 5.78. The number of hydrogen-bond donors (Lipinski definition) is 2. The molecular formula is C31H36BrF2N5O3. The topological polar surface area (TPSA) is 85.2 Å². The molecule has 224 valence electrons. The van der Waals surface area contributed by atoms with Crippen LogP contribution in [0.5, 0.6) is 11.8 Å². The summed E-state index contributed by atoms with van der Waals surface area (Å²) in [5.74, 6) is 0.512. The van der Waals surface area contributed by atoms with Gasteiger partial charge in [-0.3, -0.25) is 4.90 Å². The van der Waals surface area contributed by atoms with E-state index in [-0.39, 0.29) is 23.1 Å². The normalized spacial score (nSPS) is 27.9. The molecule has 2 N–H and O–H groups in total. The standard InChI is InChI=1S/C31H36BrF2N5O3/c1-30(41)7-2-9-38(17-30)28-22-6-11-37(25-13-21(40)12-19-4-5-23(34)27(32)26(19)25)16-24(22)35-29(36-28)42-18-31-8-3-10-39(31)15-20(33)14-31/h4-5,12-13,20,40-41H,2-3,6-11,14-18H2,1H3/t20-,30-,31+/m1/s1. The lowest BCUT2D eigenvalue weighted by molar-refractivity contribution is 0.0445. The van der Waals surface area contributed by atoms with Gasteiger partial charge in [0.2, 0.25) is 0 Å². The van der Waals surface area contributed by atoms with Crippen LogP contribution in [0.4, 0.5) is 20.3 Å². The van der Waals surface area contributed by atoms with Crippen molar-refractivity contribution < 1.29 is 23.7 Å². The number of piperidine rings is 1. The Hall–Kier alpha value is -2.76. The fraction of sp³-hybridized carbons (Fsp3) is 0.548. The Kier molecular flexibility index (Phi) is 6.98. The number of nitrogens with zero attached hydrogens (tertiary/aromatic N) is 5. The zero-order chi connectivity index (χ0) is 29.2. The molecule has 0 amide bonds. The molecule has 4 aliphatic heterocycles. The number of β-amino-alcohol motifs (C(OH)–C–C–N with tert-alkyl or cyclic N) is 1. The van der Waals surface area contributed by atoms with E-state index in [9.17, 15) is 19.0 Å². The highest BCUT2D eigenvalue weighted by atomic mass is 79.9. The minimum atomic E-state index is -0.848. The van der Waals surface area contributed by atoms with Crippen LogP contribution >= 0.6 is 15.9 Å². The van der Waals surface area contributed by atoms with Gasteiger partial charge in [0, 0.05) is 55.3 Å². The third-order valence-corrected chi connectivity index (χ3v) is 10.3. The Labute approximate surface area is 252 Å². The molecule has 1 aromatic heterocycles. The van der Waals surface area contributed by atoms with Gasteiger partial charge in [0.15, 0.2) is 0 Å². The second-order valence-electron chi connectivity index (χ2n) is 12.7. The van der Waals surface area contributed by atoms with Gasteiger partial charge in [0.25, 0.3) is 0 Å². The molecule has 5 heterocycles. The van der Waals surface area contributed by atoms with Crippen LogP contribution in [0.1, 0.15) is 50.3 Å². The smallest absolute Gasteiger partial charge is 0.318 e. The molecule has 0 unspecified atom stereocenters. The van der Waals surface area contributed by atoms with E-state index in [0.29, 0.717) is 61.2 Å². The van der Waals surface area contributed by atoms with Crippen molar-refractivity contribution in [2.45, 2.75) is 69.3 Å². The highest BCUT2D eigenvalue weighted by Crippen LogP contribution is 2.42. The third-order valence-electron chi connectivity index (χ3n) is 9.54. The van der Waals surface area contributed by atoms with Gasteiger partial charge in [-0.05, 0) is 79.0 Å². The number of aromatic hydroxyl groups is 1. The number of aromatic nitrogens is 2. The van der Waals surface area contributed by atoms with Crippen molar-refractivity contribution in [3.8, 4) is 11.8 Å². The molecule has 3 saturated heterocycles. The molecular weight excluding hydrogens is 608 g/mol. The molecule has 0 spiro atoms. The number of anilines is 2. The first-order valence-electron chi connectivity index (χ1n) is 14.9. The summed E-state index contributed by atoms with van der Waals surface area (Å²) in [6, 6.07) is 6.61. The minimum absolute atomic E-state index is 0.104. The Balaban J connectivity index is 1.26. The molecule has 3 fully saturated rings. The molecule has 8 nitrogen and oxygen atoms in total. The van der Waals surface area contributed by atoms with E-state index >= 15 is 0 Å². The van der Waals surface area contributed by atoms with E-state index in [0.717, 1.165) is 61.2 Å². The fourth-order valence-corrected chi connectivity index (χ4v) is 8.14. The van der Waals surface area contributed by atoms with Crippen LogP contribution in [0.25, 0.3) is 10.8 Å². The number of ether oxygens (including phenoxy) is 1. The van der Waals surface area contributed by atoms with E-state index in [1.165, 1.54) is 6.07 Å². The average molecular weight is 645 g/mol. The van der Waals surface area contributed by atoms with E-state index in [2.05, 4.69) is 30.6 Å². The Morgan fingerprint density at radius 2 is 1.95 bits per heavy atom. The SMILES string of the molecule is C[C@@]1(O)CCCN(c2nc(OC[C@@]34CCCN3C[C@H](F)C4)nc3c2CCN(c2cc(O)cc4ccc(F)c(Br)c24)C3)C1. The van der Waals surface area contributed by atoms with Crippen molar-refractivity contribution in [2.75, 3.05) is 49.1 Å². The van der Waals surface area contributed by atoms with Crippen LogP contribution in [0.3, 0.4) is 0 Å². The molecule has 0 aliphatic carbocycles. The van der Waals surface area contributed by atoms with Crippen molar-refractivity contribution in [3.63, 3.8) is 0 Å². The first-order valence-corrected chi connectivity index (χ1v) is 15.6. The lowest BCUT2D eigenvalue weighted by atomic mass is 9.94. The second-order valence-corrected chi connectivity index (χ2v) is 13.5. The molecule has 11 heteroatoms. The summed E-state index contributed by atoms with van der Waals surface area (Å²) in [7, 11) is 0. The molecule has 7 rings (SSSR count). The summed E-state index contributed by atoms with van der Waals surface area (Å²) >= 11 is 3.43. The summed E-state index contributed by atoms with van der Waals surface area (Å²) in [5.41, 5.74) is 1.38. The van der Waals surface area contributed by atoms with Crippen molar-refractivity contribution in [3.05, 3.63) is 45.8 Å². The van der Waals surface area contributed by atoms with Gasteiger partial charge in [-0.1, -0.05) is 6.07 Å². The number of phenols is 1. The predicted molar refractivity (Wildman–Crippen MR) is 161 cm³/mol. The van der Waals surface area contributed by atoms with Crippen molar-refractivity contribution in [2.24, 2.45) is 0 Å². The van der Waals surface area contributed by atoms with Crippen molar-refractivity contribution in [1.82, 2.24) is 14.9 Å². The number of fused-ring (bicyclic) bond motifs is 3. The zero-order valence-electron chi connectivity index (χ0n) is 23.8. The fourth-order valence-electron chi connectivity index (χ4n) is 7.58. The Bertz CT molecular complexity index is 1540. The highest BCUT2D eigenvalue weighted by molar-refractivity contribution is 9.10. The van der Waals surface area contributed by atoms with Gasteiger partial charge < -0.3 is 24.7 Å². The number of halogens is 3. The van der Waals surface area contributed by atoms with Crippen molar-refractivity contribution in [1.29, 1.82) is 0 Å². The van der Waals surface area contributed by atoms with Crippen molar-refractivity contribution >= 4 is 38.2 Å². The monoisotopic (exact) mass is 643 g/mol. The summed E-state index contributed by atoms with van der Waals surface area (Å²) < 4.78 is 35.7. The minimum Gasteiger partial charge on any atom is -0.508 e. The molecule has 3 atom stereocenters. The molecule has 0 bridgehead atoms. The lowest BCUT2D eigenvalue weighted by Crippen LogP contribution is -2.47. The summed E-state index contributed by atoms with van der Waals surface area (Å²) in [4.78, 5) is 16.2. The first kappa shape index (κ1) is 28.0. The summed E-state index contributed by atoms with van der Waals surface area (Å²) in [6.07, 6.45) is 3.74. The van der Waals surface area contributed by atoms with Crippen LogP contribution in [-0.4, -0.2) is 81.7 Å². The van der Waals surface area contributed by atoms with E-state index in [4.69, 9.17) is 14.7 Å². The number of benzene rings is 2. The Morgan fingerprint density at radius 1 is 1.12 bits per heavy atom. The second kappa shape index (κ2) is 10.4. The van der Waals surface area contributed by atoms with Crippen LogP contribution in [-0.2, 0) is 13.0 Å². The van der Waals surface area contributed by atoms with Gasteiger partial charge in [-0.15, -0.1) is 0 Å². The van der Waals surface area contributed by atoms with E-state index in [1.54, 1.807) is 18.2 Å². The van der Waals surface area contributed by atoms with Gasteiger partial charge in [-0.25, -0.2) is 8.78 Å².